The molecule has 1 heterocycles. The van der Waals surface area contributed by atoms with Crippen molar-refractivity contribution in [3.05, 3.63) is 75.3 Å². The Balaban J connectivity index is 1.74. The van der Waals surface area contributed by atoms with Crippen molar-refractivity contribution in [1.82, 2.24) is 14.7 Å². The molecule has 2 amide bonds. The summed E-state index contributed by atoms with van der Waals surface area (Å²) in [5.74, 6) is -1.09. The first-order valence-corrected chi connectivity index (χ1v) is 9.75. The first kappa shape index (κ1) is 21.8. The highest BCUT2D eigenvalue weighted by Gasteiger charge is 2.23. The number of carbonyl (C=O) groups is 2. The molecule has 0 atom stereocenters. The summed E-state index contributed by atoms with van der Waals surface area (Å²) in [6.07, 6.45) is 0. The molecular formula is C21H19Cl2FN4O2. The van der Waals surface area contributed by atoms with Crippen molar-refractivity contribution >= 4 is 40.7 Å². The number of nitrogens with zero attached hydrogens (tertiary/aromatic N) is 3. The van der Waals surface area contributed by atoms with Crippen LogP contribution in [0.3, 0.4) is 0 Å². The summed E-state index contributed by atoms with van der Waals surface area (Å²) in [7, 11) is 1.53. The van der Waals surface area contributed by atoms with Gasteiger partial charge in [0.1, 0.15) is 5.82 Å². The Morgan fingerprint density at radius 1 is 1.10 bits per heavy atom. The van der Waals surface area contributed by atoms with E-state index in [1.165, 1.54) is 30.1 Å². The average molecular weight is 449 g/mol. The van der Waals surface area contributed by atoms with Gasteiger partial charge in [0, 0.05) is 12.7 Å². The second kappa shape index (κ2) is 8.85. The van der Waals surface area contributed by atoms with Crippen molar-refractivity contribution in [1.29, 1.82) is 0 Å². The summed E-state index contributed by atoms with van der Waals surface area (Å²) in [6, 6.07) is 10.5. The molecule has 0 aliphatic heterocycles. The fourth-order valence-corrected chi connectivity index (χ4v) is 3.34. The average Bonchev–Trinajstić information content (AvgIpc) is 2.98. The number of hydrogen-bond donors (Lipinski definition) is 1. The molecule has 1 aromatic heterocycles. The maximum absolute atomic E-state index is 13.2. The largest absolute Gasteiger partial charge is 0.332 e. The van der Waals surface area contributed by atoms with Crippen molar-refractivity contribution in [3.63, 3.8) is 0 Å². The number of carbonyl (C=O) groups excluding carboxylic acids is 2. The van der Waals surface area contributed by atoms with E-state index < -0.39 is 0 Å². The smallest absolute Gasteiger partial charge is 0.257 e. The fraction of sp³-hybridized carbons (Fsp3) is 0.190. The van der Waals surface area contributed by atoms with E-state index in [4.69, 9.17) is 23.2 Å². The van der Waals surface area contributed by atoms with Gasteiger partial charge in [0.25, 0.3) is 5.91 Å². The SMILES string of the molecule is Cc1nn(-c2ccc(F)cc2)c(C)c1C(=O)N(C)CC(=O)Nc1ccc(Cl)c(Cl)c1. The van der Waals surface area contributed by atoms with E-state index in [1.54, 1.807) is 42.8 Å². The molecule has 3 aromatic rings. The molecule has 0 aliphatic rings. The van der Waals surface area contributed by atoms with Gasteiger partial charge in [-0.25, -0.2) is 9.07 Å². The molecule has 2 aromatic carbocycles. The van der Waals surface area contributed by atoms with Gasteiger partial charge in [0.05, 0.1) is 39.2 Å². The first-order chi connectivity index (χ1) is 14.2. The lowest BCUT2D eigenvalue weighted by Crippen LogP contribution is -2.35. The number of halogens is 3. The molecule has 0 saturated carbocycles. The van der Waals surface area contributed by atoms with Crippen LogP contribution in [-0.4, -0.2) is 40.1 Å². The van der Waals surface area contributed by atoms with Crippen LogP contribution in [0.5, 0.6) is 0 Å². The van der Waals surface area contributed by atoms with E-state index >= 15 is 0 Å². The van der Waals surface area contributed by atoms with Crippen LogP contribution >= 0.6 is 23.2 Å². The fourth-order valence-electron chi connectivity index (χ4n) is 3.04. The van der Waals surface area contributed by atoms with Crippen molar-refractivity contribution in [2.24, 2.45) is 0 Å². The highest BCUT2D eigenvalue weighted by Crippen LogP contribution is 2.25. The van der Waals surface area contributed by atoms with Crippen LogP contribution in [0.25, 0.3) is 5.69 Å². The number of aromatic nitrogens is 2. The molecule has 0 spiro atoms. The van der Waals surface area contributed by atoms with Crippen LogP contribution in [0.1, 0.15) is 21.7 Å². The Hall–Kier alpha value is -2.90. The monoisotopic (exact) mass is 448 g/mol. The summed E-state index contributed by atoms with van der Waals surface area (Å²) in [5, 5.41) is 7.78. The number of amides is 2. The molecular weight excluding hydrogens is 430 g/mol. The van der Waals surface area contributed by atoms with E-state index in [9.17, 15) is 14.0 Å². The van der Waals surface area contributed by atoms with E-state index in [-0.39, 0.29) is 24.2 Å². The molecule has 0 saturated heterocycles. The van der Waals surface area contributed by atoms with Gasteiger partial charge < -0.3 is 10.2 Å². The van der Waals surface area contributed by atoms with E-state index in [0.29, 0.717) is 38.4 Å². The Labute approximate surface area is 183 Å². The summed E-state index contributed by atoms with van der Waals surface area (Å²) in [6.45, 7) is 3.30. The molecule has 6 nitrogen and oxygen atoms in total. The van der Waals surface area contributed by atoms with Gasteiger partial charge in [0.15, 0.2) is 0 Å². The molecule has 30 heavy (non-hydrogen) atoms. The lowest BCUT2D eigenvalue weighted by atomic mass is 10.1. The molecule has 0 radical (unpaired) electrons. The number of aryl methyl sites for hydroxylation is 1. The van der Waals surface area contributed by atoms with Gasteiger partial charge >= 0.3 is 0 Å². The van der Waals surface area contributed by atoms with Crippen molar-refractivity contribution in [2.75, 3.05) is 18.9 Å². The predicted octanol–water partition coefficient (Wildman–Crippen LogP) is 4.65. The zero-order valence-electron chi connectivity index (χ0n) is 16.5. The zero-order valence-corrected chi connectivity index (χ0v) is 18.1. The number of likely N-dealkylation sites (N-methyl/N-ethyl adjacent to an activating group) is 1. The Kier molecular flexibility index (Phi) is 6.43. The highest BCUT2D eigenvalue weighted by atomic mass is 35.5. The third-order valence-electron chi connectivity index (χ3n) is 4.51. The van der Waals surface area contributed by atoms with Crippen LogP contribution in [0.2, 0.25) is 10.0 Å². The molecule has 1 N–H and O–H groups in total. The third kappa shape index (κ3) is 4.63. The number of anilines is 1. The summed E-state index contributed by atoms with van der Waals surface area (Å²) in [5.41, 5.74) is 2.62. The van der Waals surface area contributed by atoms with E-state index in [0.717, 1.165) is 0 Å². The Morgan fingerprint density at radius 3 is 2.40 bits per heavy atom. The summed E-state index contributed by atoms with van der Waals surface area (Å²) in [4.78, 5) is 26.6. The third-order valence-corrected chi connectivity index (χ3v) is 5.25. The molecule has 3 rings (SSSR count). The maximum Gasteiger partial charge on any atom is 0.257 e. The van der Waals surface area contributed by atoms with Crippen molar-refractivity contribution < 1.29 is 14.0 Å². The van der Waals surface area contributed by atoms with Gasteiger partial charge in [-0.15, -0.1) is 0 Å². The Bertz CT molecular complexity index is 1110. The molecule has 0 fully saturated rings. The van der Waals surface area contributed by atoms with Gasteiger partial charge in [-0.1, -0.05) is 23.2 Å². The second-order valence-corrected chi connectivity index (χ2v) is 7.59. The number of benzene rings is 2. The highest BCUT2D eigenvalue weighted by molar-refractivity contribution is 6.42. The number of rotatable bonds is 5. The lowest BCUT2D eigenvalue weighted by Gasteiger charge is -2.17. The Morgan fingerprint density at radius 2 is 1.77 bits per heavy atom. The van der Waals surface area contributed by atoms with Crippen LogP contribution in [-0.2, 0) is 4.79 Å². The van der Waals surface area contributed by atoms with E-state index in [2.05, 4.69) is 10.4 Å². The van der Waals surface area contributed by atoms with Crippen LogP contribution < -0.4 is 5.32 Å². The van der Waals surface area contributed by atoms with Crippen molar-refractivity contribution in [2.45, 2.75) is 13.8 Å². The lowest BCUT2D eigenvalue weighted by molar-refractivity contribution is -0.116. The standard InChI is InChI=1S/C21H19Cl2FN4O2/c1-12-20(13(2)28(26-12)16-7-4-14(24)5-8-16)21(30)27(3)11-19(29)25-15-6-9-17(22)18(23)10-15/h4-10H,11H2,1-3H3,(H,25,29). The zero-order chi connectivity index (χ0) is 22.0. The quantitative estimate of drug-likeness (QED) is 0.617. The summed E-state index contributed by atoms with van der Waals surface area (Å²) < 4.78 is 14.8. The van der Waals surface area contributed by atoms with Gasteiger partial charge in [-0.05, 0) is 56.3 Å². The first-order valence-electron chi connectivity index (χ1n) is 9.00. The van der Waals surface area contributed by atoms with Gasteiger partial charge in [-0.2, -0.15) is 5.10 Å². The normalized spacial score (nSPS) is 10.7. The molecule has 0 bridgehead atoms. The minimum Gasteiger partial charge on any atom is -0.332 e. The molecule has 9 heteroatoms. The number of hydrogen-bond acceptors (Lipinski definition) is 3. The van der Waals surface area contributed by atoms with Crippen LogP contribution in [0, 0.1) is 19.7 Å². The van der Waals surface area contributed by atoms with Gasteiger partial charge in [-0.3, -0.25) is 9.59 Å². The van der Waals surface area contributed by atoms with Crippen LogP contribution in [0.15, 0.2) is 42.5 Å². The topological polar surface area (TPSA) is 67.2 Å². The van der Waals surface area contributed by atoms with E-state index in [1.807, 2.05) is 0 Å². The molecule has 0 unspecified atom stereocenters. The van der Waals surface area contributed by atoms with Crippen LogP contribution in [0.4, 0.5) is 10.1 Å². The molecule has 0 aliphatic carbocycles. The predicted molar refractivity (Wildman–Crippen MR) is 115 cm³/mol. The second-order valence-electron chi connectivity index (χ2n) is 6.77. The van der Waals surface area contributed by atoms with Crippen molar-refractivity contribution in [3.8, 4) is 5.69 Å². The minimum absolute atomic E-state index is 0.167. The minimum atomic E-state index is -0.384. The number of nitrogens with one attached hydrogen (secondary N) is 1. The summed E-state index contributed by atoms with van der Waals surface area (Å²) >= 11 is 11.8. The molecule has 156 valence electrons. The van der Waals surface area contributed by atoms with Gasteiger partial charge in [0.2, 0.25) is 5.91 Å². The maximum atomic E-state index is 13.2.